The Bertz CT molecular complexity index is 610. The molecule has 8 heteroatoms. The summed E-state index contributed by atoms with van der Waals surface area (Å²) in [5, 5.41) is 11.9. The van der Waals surface area contributed by atoms with E-state index in [1.807, 2.05) is 6.92 Å². The largest absolute Gasteiger partial charge is 0.380 e. The summed E-state index contributed by atoms with van der Waals surface area (Å²) in [5.74, 6) is -2.27. The fourth-order valence-corrected chi connectivity index (χ4v) is 2.60. The van der Waals surface area contributed by atoms with E-state index in [0.29, 0.717) is 17.9 Å². The van der Waals surface area contributed by atoms with Crippen LogP contribution in [0.5, 0.6) is 0 Å². The number of rotatable bonds is 1. The highest BCUT2D eigenvalue weighted by molar-refractivity contribution is 5.57. The van der Waals surface area contributed by atoms with Crippen LogP contribution in [0, 0.1) is 5.92 Å². The number of nitrogen functional groups attached to an aromatic ring is 1. The lowest BCUT2D eigenvalue weighted by atomic mass is 9.78. The second-order valence-corrected chi connectivity index (χ2v) is 5.12. The number of hydrogen-bond acceptors (Lipinski definition) is 5. The number of halogens is 2. The number of aromatic nitrogens is 5. The molecule has 2 atom stereocenters. The molecule has 2 aromatic rings. The van der Waals surface area contributed by atoms with E-state index < -0.39 is 5.92 Å². The first-order valence-electron chi connectivity index (χ1n) is 6.17. The highest BCUT2D eigenvalue weighted by Gasteiger charge is 2.42. The summed E-state index contributed by atoms with van der Waals surface area (Å²) >= 11 is 0. The van der Waals surface area contributed by atoms with Crippen LogP contribution in [0.3, 0.4) is 0 Å². The van der Waals surface area contributed by atoms with Gasteiger partial charge >= 0.3 is 0 Å². The van der Waals surface area contributed by atoms with Gasteiger partial charge in [0, 0.05) is 18.8 Å². The van der Waals surface area contributed by atoms with Crippen molar-refractivity contribution in [2.24, 2.45) is 5.92 Å². The summed E-state index contributed by atoms with van der Waals surface area (Å²) in [6.07, 6.45) is 1.45. The molecule has 1 saturated carbocycles. The Balaban J connectivity index is 2.06. The molecule has 19 heavy (non-hydrogen) atoms. The zero-order valence-electron chi connectivity index (χ0n) is 10.4. The van der Waals surface area contributed by atoms with E-state index in [2.05, 4.69) is 20.3 Å². The maximum atomic E-state index is 13.6. The molecule has 1 fully saturated rings. The Morgan fingerprint density at radius 1 is 1.42 bits per heavy atom. The van der Waals surface area contributed by atoms with Crippen LogP contribution in [0.4, 0.5) is 14.6 Å². The molecule has 0 aromatic carbocycles. The molecule has 102 valence electrons. The first kappa shape index (κ1) is 12.2. The number of alkyl halides is 2. The predicted octanol–water partition coefficient (Wildman–Crippen LogP) is 1.64. The van der Waals surface area contributed by atoms with Gasteiger partial charge in [0.05, 0.1) is 0 Å². The van der Waals surface area contributed by atoms with Gasteiger partial charge in [0.15, 0.2) is 11.6 Å². The van der Waals surface area contributed by atoms with Gasteiger partial charge in [-0.05, 0) is 12.3 Å². The molecule has 2 heterocycles. The molecule has 1 aliphatic rings. The van der Waals surface area contributed by atoms with Gasteiger partial charge < -0.3 is 5.73 Å². The van der Waals surface area contributed by atoms with Crippen LogP contribution in [-0.2, 0) is 0 Å². The van der Waals surface area contributed by atoms with Gasteiger partial charge in [-0.25, -0.2) is 13.8 Å². The second-order valence-electron chi connectivity index (χ2n) is 5.12. The zero-order valence-corrected chi connectivity index (χ0v) is 10.4. The van der Waals surface area contributed by atoms with E-state index in [-0.39, 0.29) is 30.5 Å². The molecule has 6 nitrogen and oxygen atoms in total. The van der Waals surface area contributed by atoms with Crippen molar-refractivity contribution in [1.29, 1.82) is 0 Å². The third-order valence-corrected chi connectivity index (χ3v) is 3.76. The molecule has 0 unspecified atom stereocenters. The summed E-state index contributed by atoms with van der Waals surface area (Å²) in [6, 6.07) is 0. The summed E-state index contributed by atoms with van der Waals surface area (Å²) in [5.41, 5.74) is 5.98. The Hall–Kier alpha value is -1.86. The van der Waals surface area contributed by atoms with Crippen molar-refractivity contribution in [2.45, 2.75) is 38.0 Å². The third-order valence-electron chi connectivity index (χ3n) is 3.76. The van der Waals surface area contributed by atoms with Crippen molar-refractivity contribution >= 4 is 11.5 Å². The van der Waals surface area contributed by atoms with Crippen LogP contribution in [0.1, 0.15) is 37.9 Å². The van der Waals surface area contributed by atoms with Crippen molar-refractivity contribution in [3.8, 4) is 0 Å². The van der Waals surface area contributed by atoms with E-state index in [4.69, 9.17) is 5.73 Å². The molecule has 3 rings (SSSR count). The SMILES string of the molecule is C[C@@H]1CCC(F)(F)C[C@@H]1c1nnc2c(N)ncnn12. The number of hydrogen-bond donors (Lipinski definition) is 1. The highest BCUT2D eigenvalue weighted by atomic mass is 19.3. The number of nitrogens with two attached hydrogens (primary N) is 1. The highest BCUT2D eigenvalue weighted by Crippen LogP contribution is 2.44. The molecule has 0 amide bonds. The zero-order chi connectivity index (χ0) is 13.6. The average molecular weight is 268 g/mol. The Labute approximate surface area is 108 Å². The molecule has 1 aliphatic carbocycles. The van der Waals surface area contributed by atoms with Gasteiger partial charge in [-0.1, -0.05) is 6.92 Å². The average Bonchev–Trinajstić information content (AvgIpc) is 2.78. The van der Waals surface area contributed by atoms with Crippen LogP contribution >= 0.6 is 0 Å². The third kappa shape index (κ3) is 2.00. The molecular formula is C11H14F2N6. The maximum Gasteiger partial charge on any atom is 0.248 e. The van der Waals surface area contributed by atoms with Crippen molar-refractivity contribution in [3.63, 3.8) is 0 Å². The first-order chi connectivity index (χ1) is 8.98. The number of anilines is 1. The lowest BCUT2D eigenvalue weighted by Crippen LogP contribution is -2.31. The minimum atomic E-state index is -2.65. The van der Waals surface area contributed by atoms with Crippen LogP contribution < -0.4 is 5.73 Å². The standard InChI is InChI=1S/C11H14F2N6/c1-6-2-3-11(12,13)4-7(6)9-17-18-10-8(14)15-5-16-19(9)10/h5-7H,2-4H2,1H3,(H2,14,15,16)/t6-,7+/m1/s1. The monoisotopic (exact) mass is 268 g/mol. The van der Waals surface area contributed by atoms with Gasteiger partial charge in [0.25, 0.3) is 0 Å². The van der Waals surface area contributed by atoms with Crippen molar-refractivity contribution in [1.82, 2.24) is 24.8 Å². The molecule has 2 N–H and O–H groups in total. The van der Waals surface area contributed by atoms with E-state index in [1.165, 1.54) is 10.8 Å². The van der Waals surface area contributed by atoms with Crippen LogP contribution in [0.15, 0.2) is 6.33 Å². The Morgan fingerprint density at radius 3 is 3.00 bits per heavy atom. The van der Waals surface area contributed by atoms with Crippen molar-refractivity contribution < 1.29 is 8.78 Å². The second kappa shape index (κ2) is 4.07. The smallest absolute Gasteiger partial charge is 0.248 e. The van der Waals surface area contributed by atoms with Crippen LogP contribution in [0.2, 0.25) is 0 Å². The number of nitrogens with zero attached hydrogens (tertiary/aromatic N) is 5. The summed E-state index contributed by atoms with van der Waals surface area (Å²) < 4.78 is 28.6. The molecule has 0 radical (unpaired) electrons. The molecule has 0 bridgehead atoms. The topological polar surface area (TPSA) is 82.0 Å². The minimum absolute atomic E-state index is 0.0709. The fraction of sp³-hybridized carbons (Fsp3) is 0.636. The molecule has 0 aliphatic heterocycles. The first-order valence-corrected chi connectivity index (χ1v) is 6.17. The fourth-order valence-electron chi connectivity index (χ4n) is 2.60. The van der Waals surface area contributed by atoms with Gasteiger partial charge in [-0.15, -0.1) is 10.2 Å². The molecule has 0 saturated heterocycles. The van der Waals surface area contributed by atoms with Gasteiger partial charge in [0.1, 0.15) is 6.33 Å². The quantitative estimate of drug-likeness (QED) is 0.850. The summed E-state index contributed by atoms with van der Waals surface area (Å²) in [4.78, 5) is 3.81. The van der Waals surface area contributed by atoms with E-state index >= 15 is 0 Å². The van der Waals surface area contributed by atoms with Gasteiger partial charge in [-0.2, -0.15) is 9.61 Å². The summed E-state index contributed by atoms with van der Waals surface area (Å²) in [6.45, 7) is 1.95. The lowest BCUT2D eigenvalue weighted by molar-refractivity contribution is -0.0539. The number of fused-ring (bicyclic) bond motifs is 1. The minimum Gasteiger partial charge on any atom is -0.380 e. The Morgan fingerprint density at radius 2 is 2.21 bits per heavy atom. The summed E-state index contributed by atoms with van der Waals surface area (Å²) in [7, 11) is 0. The van der Waals surface area contributed by atoms with Crippen LogP contribution in [-0.4, -0.2) is 30.7 Å². The van der Waals surface area contributed by atoms with Crippen molar-refractivity contribution in [2.75, 3.05) is 5.73 Å². The van der Waals surface area contributed by atoms with E-state index in [9.17, 15) is 8.78 Å². The van der Waals surface area contributed by atoms with E-state index in [0.717, 1.165) is 0 Å². The molecular weight excluding hydrogens is 254 g/mol. The lowest BCUT2D eigenvalue weighted by Gasteiger charge is -2.32. The van der Waals surface area contributed by atoms with Gasteiger partial charge in [-0.3, -0.25) is 0 Å². The van der Waals surface area contributed by atoms with E-state index in [1.54, 1.807) is 0 Å². The molecule has 0 spiro atoms. The van der Waals surface area contributed by atoms with Gasteiger partial charge in [0.2, 0.25) is 11.6 Å². The predicted molar refractivity (Wildman–Crippen MR) is 63.7 cm³/mol. The Kier molecular flexibility index (Phi) is 2.61. The van der Waals surface area contributed by atoms with Crippen LogP contribution in [0.25, 0.3) is 5.65 Å². The normalized spacial score (nSPS) is 26.7. The maximum absolute atomic E-state index is 13.6. The van der Waals surface area contributed by atoms with Crippen molar-refractivity contribution in [3.05, 3.63) is 12.2 Å². The molecule has 2 aromatic heterocycles.